The number of amides is 1. The van der Waals surface area contributed by atoms with E-state index in [1.54, 1.807) is 0 Å². The molecule has 1 fully saturated rings. The van der Waals surface area contributed by atoms with E-state index in [2.05, 4.69) is 21.2 Å². The predicted molar refractivity (Wildman–Crippen MR) is 67.5 cm³/mol. The van der Waals surface area contributed by atoms with Gasteiger partial charge < -0.3 is 10.1 Å². The Hall–Kier alpha value is -1.47. The number of ether oxygens (including phenoxy) is 1. The molecule has 2 rings (SSSR count). The van der Waals surface area contributed by atoms with Crippen molar-refractivity contribution in [2.24, 2.45) is 0 Å². The van der Waals surface area contributed by atoms with Gasteiger partial charge in [-0.2, -0.15) is 0 Å². The second-order valence-electron chi connectivity index (χ2n) is 3.96. The number of rotatable bonds is 3. The lowest BCUT2D eigenvalue weighted by Gasteiger charge is -2.11. The summed E-state index contributed by atoms with van der Waals surface area (Å²) in [6, 6.07) is 4.08. The Labute approximate surface area is 112 Å². The number of nitro benzene ring substituents is 1. The average Bonchev–Trinajstić information content (AvgIpc) is 2.81. The molecular formula is C11H11BrN2O4. The number of nitrogens with zero attached hydrogens (tertiary/aromatic N) is 1. The molecule has 96 valence electrons. The summed E-state index contributed by atoms with van der Waals surface area (Å²) in [4.78, 5) is 22.1. The van der Waals surface area contributed by atoms with Crippen LogP contribution < -0.4 is 5.32 Å². The van der Waals surface area contributed by atoms with Crippen molar-refractivity contribution in [1.82, 2.24) is 5.32 Å². The molecule has 0 spiro atoms. The molecule has 1 aromatic carbocycles. The van der Waals surface area contributed by atoms with Crippen molar-refractivity contribution < 1.29 is 14.5 Å². The monoisotopic (exact) mass is 314 g/mol. The summed E-state index contributed by atoms with van der Waals surface area (Å²) in [7, 11) is 0. The van der Waals surface area contributed by atoms with Gasteiger partial charge in [0.25, 0.3) is 11.6 Å². The molecular weight excluding hydrogens is 304 g/mol. The highest BCUT2D eigenvalue weighted by atomic mass is 79.9. The van der Waals surface area contributed by atoms with E-state index in [-0.39, 0.29) is 23.2 Å². The number of benzene rings is 1. The summed E-state index contributed by atoms with van der Waals surface area (Å²) < 4.78 is 5.68. The Balaban J connectivity index is 2.17. The van der Waals surface area contributed by atoms with Crippen molar-refractivity contribution in [3.05, 3.63) is 38.3 Å². The van der Waals surface area contributed by atoms with Crippen LogP contribution >= 0.6 is 15.9 Å². The number of halogens is 1. The molecule has 0 aromatic heterocycles. The topological polar surface area (TPSA) is 81.5 Å². The molecule has 0 saturated carbocycles. The van der Waals surface area contributed by atoms with E-state index >= 15 is 0 Å². The fourth-order valence-corrected chi connectivity index (χ4v) is 2.14. The number of hydrogen-bond acceptors (Lipinski definition) is 4. The number of nitro groups is 1. The quantitative estimate of drug-likeness (QED) is 0.682. The van der Waals surface area contributed by atoms with Crippen LogP contribution in [0.1, 0.15) is 16.8 Å². The first-order valence-electron chi connectivity index (χ1n) is 5.40. The first-order chi connectivity index (χ1) is 8.58. The van der Waals surface area contributed by atoms with Crippen LogP contribution in [0.2, 0.25) is 0 Å². The maximum absolute atomic E-state index is 12.0. The molecule has 1 saturated heterocycles. The van der Waals surface area contributed by atoms with Crippen molar-refractivity contribution in [2.45, 2.75) is 12.5 Å². The second kappa shape index (κ2) is 5.45. The van der Waals surface area contributed by atoms with Crippen molar-refractivity contribution in [2.75, 3.05) is 13.2 Å². The van der Waals surface area contributed by atoms with Crippen LogP contribution in [0.25, 0.3) is 0 Å². The van der Waals surface area contributed by atoms with Crippen LogP contribution in [0.5, 0.6) is 0 Å². The molecule has 1 unspecified atom stereocenters. The zero-order valence-corrected chi connectivity index (χ0v) is 11.0. The summed E-state index contributed by atoms with van der Waals surface area (Å²) in [6.45, 7) is 1.11. The van der Waals surface area contributed by atoms with Crippen LogP contribution in [0.15, 0.2) is 22.7 Å². The minimum absolute atomic E-state index is 0.0244. The molecule has 1 N–H and O–H groups in total. The highest BCUT2D eigenvalue weighted by Gasteiger charge is 2.21. The van der Waals surface area contributed by atoms with Crippen LogP contribution in [0.3, 0.4) is 0 Å². The van der Waals surface area contributed by atoms with Gasteiger partial charge in [0, 0.05) is 23.2 Å². The molecule has 1 aliphatic heterocycles. The number of carbonyl (C=O) groups is 1. The third-order valence-electron chi connectivity index (χ3n) is 2.67. The van der Waals surface area contributed by atoms with Gasteiger partial charge in [0.1, 0.15) is 0 Å². The molecule has 1 amide bonds. The summed E-state index contributed by atoms with van der Waals surface area (Å²) in [6.07, 6.45) is 0.762. The smallest absolute Gasteiger partial charge is 0.270 e. The van der Waals surface area contributed by atoms with E-state index in [4.69, 9.17) is 4.74 Å². The van der Waals surface area contributed by atoms with Gasteiger partial charge in [-0.1, -0.05) is 0 Å². The van der Waals surface area contributed by atoms with Gasteiger partial charge in [0.2, 0.25) is 0 Å². The third kappa shape index (κ3) is 2.85. The van der Waals surface area contributed by atoms with Crippen molar-refractivity contribution in [1.29, 1.82) is 0 Å². The number of carbonyl (C=O) groups excluding carboxylic acids is 1. The van der Waals surface area contributed by atoms with E-state index in [1.807, 2.05) is 0 Å². The Morgan fingerprint density at radius 2 is 2.33 bits per heavy atom. The summed E-state index contributed by atoms with van der Waals surface area (Å²) in [5.74, 6) is -0.332. The van der Waals surface area contributed by atoms with Crippen LogP contribution in [0.4, 0.5) is 5.69 Å². The fraction of sp³-hybridized carbons (Fsp3) is 0.364. The van der Waals surface area contributed by atoms with E-state index < -0.39 is 4.92 Å². The molecule has 0 aliphatic carbocycles. The molecule has 1 aliphatic rings. The third-order valence-corrected chi connectivity index (χ3v) is 3.36. The molecule has 0 bridgehead atoms. The van der Waals surface area contributed by atoms with Gasteiger partial charge >= 0.3 is 0 Å². The van der Waals surface area contributed by atoms with E-state index in [0.717, 1.165) is 6.42 Å². The van der Waals surface area contributed by atoms with E-state index in [9.17, 15) is 14.9 Å². The second-order valence-corrected chi connectivity index (χ2v) is 4.81. The van der Waals surface area contributed by atoms with Gasteiger partial charge in [-0.25, -0.2) is 0 Å². The average molecular weight is 315 g/mol. The van der Waals surface area contributed by atoms with Gasteiger partial charge in [0.05, 0.1) is 23.1 Å². The first-order valence-corrected chi connectivity index (χ1v) is 6.20. The Morgan fingerprint density at radius 3 is 2.94 bits per heavy atom. The maximum Gasteiger partial charge on any atom is 0.270 e. The highest BCUT2D eigenvalue weighted by Crippen LogP contribution is 2.22. The molecule has 0 radical (unpaired) electrons. The maximum atomic E-state index is 12.0. The van der Waals surface area contributed by atoms with E-state index in [0.29, 0.717) is 17.7 Å². The minimum Gasteiger partial charge on any atom is -0.379 e. The van der Waals surface area contributed by atoms with Crippen molar-refractivity contribution in [3.63, 3.8) is 0 Å². The number of non-ortho nitro benzene ring substituents is 1. The summed E-state index contributed by atoms with van der Waals surface area (Å²) in [5.41, 5.74) is 0.155. The largest absolute Gasteiger partial charge is 0.379 e. The Morgan fingerprint density at radius 1 is 1.56 bits per heavy atom. The number of hydrogen-bond donors (Lipinski definition) is 1. The lowest BCUT2D eigenvalue weighted by Crippen LogP contribution is -2.35. The van der Waals surface area contributed by atoms with Crippen molar-refractivity contribution >= 4 is 27.5 Å². The van der Waals surface area contributed by atoms with Crippen LogP contribution in [0, 0.1) is 10.1 Å². The SMILES string of the molecule is O=C(NC1CCOC1)c1cc([N+](=O)[O-])ccc1Br. The van der Waals surface area contributed by atoms with E-state index in [1.165, 1.54) is 18.2 Å². The molecule has 6 nitrogen and oxygen atoms in total. The number of nitrogens with one attached hydrogen (secondary N) is 1. The fourth-order valence-electron chi connectivity index (χ4n) is 1.71. The molecule has 1 atom stereocenters. The summed E-state index contributed by atoms with van der Waals surface area (Å²) >= 11 is 3.21. The van der Waals surface area contributed by atoms with Gasteiger partial charge in [-0.3, -0.25) is 14.9 Å². The van der Waals surface area contributed by atoms with Crippen molar-refractivity contribution in [3.8, 4) is 0 Å². The minimum atomic E-state index is -0.526. The molecule has 7 heteroatoms. The van der Waals surface area contributed by atoms with Crippen LogP contribution in [-0.2, 0) is 4.74 Å². The molecule has 1 heterocycles. The predicted octanol–water partition coefficient (Wildman–Crippen LogP) is 1.88. The van der Waals surface area contributed by atoms with Gasteiger partial charge in [-0.05, 0) is 28.4 Å². The van der Waals surface area contributed by atoms with Gasteiger partial charge in [-0.15, -0.1) is 0 Å². The zero-order valence-electron chi connectivity index (χ0n) is 9.39. The Bertz CT molecular complexity index is 486. The standard InChI is InChI=1S/C11H11BrN2O4/c12-10-2-1-8(14(16)17)5-9(10)11(15)13-7-3-4-18-6-7/h1-2,5,7H,3-4,6H2,(H,13,15). The zero-order chi connectivity index (χ0) is 13.1. The lowest BCUT2D eigenvalue weighted by atomic mass is 10.1. The molecule has 18 heavy (non-hydrogen) atoms. The molecule has 1 aromatic rings. The van der Waals surface area contributed by atoms with Crippen LogP contribution in [-0.4, -0.2) is 30.1 Å². The van der Waals surface area contributed by atoms with Gasteiger partial charge in [0.15, 0.2) is 0 Å². The normalized spacial score (nSPS) is 18.6. The lowest BCUT2D eigenvalue weighted by molar-refractivity contribution is -0.384. The summed E-state index contributed by atoms with van der Waals surface area (Å²) in [5, 5.41) is 13.5. The first kappa shape index (κ1) is 13.0. The Kier molecular flexibility index (Phi) is 3.93. The highest BCUT2D eigenvalue weighted by molar-refractivity contribution is 9.10.